The monoisotopic (exact) mass is 328 g/mol. The molecule has 5 nitrogen and oxygen atoms in total. The molecular formula is C14H17ClN2O3S. The second kappa shape index (κ2) is 7.15. The van der Waals surface area contributed by atoms with Gasteiger partial charge in [0.1, 0.15) is 6.04 Å². The molecule has 1 fully saturated rings. The lowest BCUT2D eigenvalue weighted by molar-refractivity contribution is -0.134. The van der Waals surface area contributed by atoms with Gasteiger partial charge in [-0.3, -0.25) is 9.59 Å². The van der Waals surface area contributed by atoms with E-state index in [9.17, 15) is 9.59 Å². The Morgan fingerprint density at radius 2 is 2.19 bits per heavy atom. The van der Waals surface area contributed by atoms with Gasteiger partial charge in [-0.05, 0) is 17.7 Å². The summed E-state index contributed by atoms with van der Waals surface area (Å²) in [6, 6.07) is 6.62. The molecule has 21 heavy (non-hydrogen) atoms. The van der Waals surface area contributed by atoms with Crippen molar-refractivity contribution in [2.75, 3.05) is 26.5 Å². The minimum absolute atomic E-state index is 0.120. The van der Waals surface area contributed by atoms with E-state index in [1.807, 2.05) is 12.1 Å². The number of nitrogens with zero attached hydrogens (tertiary/aromatic N) is 1. The number of ether oxygens (including phenoxy) is 1. The summed E-state index contributed by atoms with van der Waals surface area (Å²) in [5, 5.41) is 3.15. The summed E-state index contributed by atoms with van der Waals surface area (Å²) in [4.78, 5) is 25.3. The van der Waals surface area contributed by atoms with Gasteiger partial charge in [-0.15, -0.1) is 0 Å². The number of amides is 2. The van der Waals surface area contributed by atoms with Crippen molar-refractivity contribution in [2.45, 2.75) is 12.1 Å². The van der Waals surface area contributed by atoms with Crippen molar-refractivity contribution in [3.05, 3.63) is 34.9 Å². The second-order valence-corrected chi connectivity index (χ2v) is 6.20. The molecule has 1 aliphatic heterocycles. The standard InChI is InChI=1S/C14H17ClN2O3S/c1-17(13(18)11-8-21-14(19)16-11)12(7-20-2)9-3-5-10(15)6-4-9/h3-6,11-12H,7-8H2,1-2H3,(H,16,19)/t11-,12+/m0/s1. The lowest BCUT2D eigenvalue weighted by Crippen LogP contribution is -2.46. The molecule has 0 aliphatic carbocycles. The summed E-state index contributed by atoms with van der Waals surface area (Å²) in [5.41, 5.74) is 0.939. The average Bonchev–Trinajstić information content (AvgIpc) is 2.91. The predicted molar refractivity (Wildman–Crippen MR) is 83.6 cm³/mol. The van der Waals surface area contributed by atoms with Gasteiger partial charge in [-0.25, -0.2) is 0 Å². The fourth-order valence-corrected chi connectivity index (χ4v) is 3.09. The molecule has 0 bridgehead atoms. The maximum Gasteiger partial charge on any atom is 0.279 e. The number of carbonyl (C=O) groups excluding carboxylic acids is 2. The van der Waals surface area contributed by atoms with E-state index in [1.54, 1.807) is 31.2 Å². The molecule has 0 aromatic heterocycles. The first-order chi connectivity index (χ1) is 10.0. The zero-order chi connectivity index (χ0) is 15.4. The Labute approximate surface area is 133 Å². The van der Waals surface area contributed by atoms with Crippen LogP contribution in [0.1, 0.15) is 11.6 Å². The molecular weight excluding hydrogens is 312 g/mol. The number of nitrogens with one attached hydrogen (secondary N) is 1. The Morgan fingerprint density at radius 3 is 2.71 bits per heavy atom. The van der Waals surface area contributed by atoms with Crippen LogP contribution in [0.2, 0.25) is 5.02 Å². The van der Waals surface area contributed by atoms with Gasteiger partial charge >= 0.3 is 0 Å². The number of hydrogen-bond donors (Lipinski definition) is 1. The maximum atomic E-state index is 12.5. The molecule has 1 N–H and O–H groups in total. The van der Waals surface area contributed by atoms with Gasteiger partial charge in [-0.2, -0.15) is 0 Å². The van der Waals surface area contributed by atoms with Gasteiger partial charge < -0.3 is 15.0 Å². The summed E-state index contributed by atoms with van der Waals surface area (Å²) in [5.74, 6) is 0.341. The van der Waals surface area contributed by atoms with Crippen molar-refractivity contribution >= 4 is 34.5 Å². The van der Waals surface area contributed by atoms with E-state index in [1.165, 1.54) is 0 Å². The van der Waals surface area contributed by atoms with E-state index >= 15 is 0 Å². The second-order valence-electron chi connectivity index (χ2n) is 4.77. The predicted octanol–water partition coefficient (Wildman–Crippen LogP) is 2.31. The summed E-state index contributed by atoms with van der Waals surface area (Å²) >= 11 is 7.02. The summed E-state index contributed by atoms with van der Waals surface area (Å²) in [6.07, 6.45) is 0. The van der Waals surface area contributed by atoms with Crippen LogP contribution in [0.15, 0.2) is 24.3 Å². The van der Waals surface area contributed by atoms with E-state index < -0.39 is 6.04 Å². The molecule has 0 spiro atoms. The van der Waals surface area contributed by atoms with Crippen LogP contribution in [0.25, 0.3) is 0 Å². The molecule has 2 amide bonds. The van der Waals surface area contributed by atoms with Gasteiger partial charge in [0.25, 0.3) is 5.24 Å². The number of hydrogen-bond acceptors (Lipinski definition) is 4. The zero-order valence-corrected chi connectivity index (χ0v) is 13.4. The molecule has 114 valence electrons. The van der Waals surface area contributed by atoms with Crippen molar-refractivity contribution in [3.63, 3.8) is 0 Å². The van der Waals surface area contributed by atoms with E-state index in [4.69, 9.17) is 16.3 Å². The number of benzene rings is 1. The molecule has 7 heteroatoms. The Balaban J connectivity index is 2.14. The number of thioether (sulfide) groups is 1. The molecule has 1 heterocycles. The van der Waals surface area contributed by atoms with Crippen LogP contribution < -0.4 is 5.32 Å². The van der Waals surface area contributed by atoms with Crippen molar-refractivity contribution in [3.8, 4) is 0 Å². The van der Waals surface area contributed by atoms with Crippen molar-refractivity contribution in [1.29, 1.82) is 0 Å². The highest BCUT2D eigenvalue weighted by Gasteiger charge is 2.33. The first-order valence-corrected chi connectivity index (χ1v) is 7.83. The molecule has 1 aromatic rings. The number of likely N-dealkylation sites (N-methyl/N-ethyl adjacent to an activating group) is 1. The quantitative estimate of drug-likeness (QED) is 0.901. The normalized spacial score (nSPS) is 19.2. The van der Waals surface area contributed by atoms with Crippen molar-refractivity contribution < 1.29 is 14.3 Å². The highest BCUT2D eigenvalue weighted by molar-refractivity contribution is 8.14. The van der Waals surface area contributed by atoms with Crippen LogP contribution in [0.3, 0.4) is 0 Å². The van der Waals surface area contributed by atoms with E-state index in [0.717, 1.165) is 17.3 Å². The molecule has 2 atom stereocenters. The number of carbonyl (C=O) groups is 2. The van der Waals surface area contributed by atoms with Crippen LogP contribution in [0.4, 0.5) is 4.79 Å². The largest absolute Gasteiger partial charge is 0.382 e. The molecule has 1 aliphatic rings. The maximum absolute atomic E-state index is 12.5. The van der Waals surface area contributed by atoms with E-state index in [0.29, 0.717) is 17.4 Å². The first kappa shape index (κ1) is 16.1. The Morgan fingerprint density at radius 1 is 1.52 bits per heavy atom. The van der Waals surface area contributed by atoms with Gasteiger partial charge in [0.05, 0.1) is 12.6 Å². The van der Waals surface area contributed by atoms with Crippen LogP contribution in [0, 0.1) is 0 Å². The van der Waals surface area contributed by atoms with E-state index in [-0.39, 0.29) is 17.2 Å². The van der Waals surface area contributed by atoms with E-state index in [2.05, 4.69) is 5.32 Å². The third kappa shape index (κ3) is 3.90. The molecule has 0 saturated carbocycles. The number of methoxy groups -OCH3 is 1. The van der Waals surface area contributed by atoms with Gasteiger partial charge in [0.2, 0.25) is 5.91 Å². The first-order valence-electron chi connectivity index (χ1n) is 6.47. The summed E-state index contributed by atoms with van der Waals surface area (Å²) < 4.78 is 5.22. The topological polar surface area (TPSA) is 58.6 Å². The van der Waals surface area contributed by atoms with Gasteiger partial charge in [0.15, 0.2) is 0 Å². The van der Waals surface area contributed by atoms with Crippen LogP contribution >= 0.6 is 23.4 Å². The van der Waals surface area contributed by atoms with Gasteiger partial charge in [0, 0.05) is 24.9 Å². The average molecular weight is 329 g/mol. The Bertz CT molecular complexity index is 523. The third-order valence-corrected chi connectivity index (χ3v) is 4.50. The Kier molecular flexibility index (Phi) is 5.50. The highest BCUT2D eigenvalue weighted by Crippen LogP contribution is 2.24. The lowest BCUT2D eigenvalue weighted by Gasteiger charge is -2.30. The SMILES string of the molecule is COC[C@H](c1ccc(Cl)cc1)N(C)C(=O)[C@@H]1CSC(=O)N1. The lowest BCUT2D eigenvalue weighted by atomic mass is 10.1. The third-order valence-electron chi connectivity index (χ3n) is 3.37. The molecule has 1 aromatic carbocycles. The molecule has 2 rings (SSSR count). The van der Waals surface area contributed by atoms with Crippen molar-refractivity contribution in [1.82, 2.24) is 10.2 Å². The number of halogens is 1. The van der Waals surface area contributed by atoms with Crippen LogP contribution in [0.5, 0.6) is 0 Å². The zero-order valence-electron chi connectivity index (χ0n) is 11.8. The summed E-state index contributed by atoms with van der Waals surface area (Å²) in [6.45, 7) is 0.373. The van der Waals surface area contributed by atoms with Gasteiger partial charge in [-0.1, -0.05) is 35.5 Å². The fraction of sp³-hybridized carbons (Fsp3) is 0.429. The van der Waals surface area contributed by atoms with Crippen LogP contribution in [-0.2, 0) is 9.53 Å². The minimum atomic E-state index is -0.473. The molecule has 1 saturated heterocycles. The number of rotatable bonds is 5. The summed E-state index contributed by atoms with van der Waals surface area (Å²) in [7, 11) is 3.31. The smallest absolute Gasteiger partial charge is 0.279 e. The van der Waals surface area contributed by atoms with Crippen molar-refractivity contribution in [2.24, 2.45) is 0 Å². The minimum Gasteiger partial charge on any atom is -0.382 e. The molecule has 0 radical (unpaired) electrons. The highest BCUT2D eigenvalue weighted by atomic mass is 35.5. The van der Waals surface area contributed by atoms with Crippen LogP contribution in [-0.4, -0.2) is 48.6 Å². The Hall–Kier alpha value is -1.24. The fourth-order valence-electron chi connectivity index (χ4n) is 2.19. The molecule has 0 unspecified atom stereocenters.